The number of amides is 2. The molecule has 2 heterocycles. The van der Waals surface area contributed by atoms with Gasteiger partial charge in [-0.3, -0.25) is 9.59 Å². The van der Waals surface area contributed by atoms with Crippen LogP contribution in [0, 0.1) is 2.88 Å². The zero-order valence-corrected chi connectivity index (χ0v) is 17.1. The zero-order valence-electron chi connectivity index (χ0n) is 13.3. The highest BCUT2D eigenvalue weighted by Crippen LogP contribution is 2.23. The molecule has 1 saturated heterocycles. The van der Waals surface area contributed by atoms with Crippen LogP contribution in [0.15, 0.2) is 23.8 Å². The van der Waals surface area contributed by atoms with Crippen LogP contribution in [0.4, 0.5) is 0 Å². The van der Waals surface area contributed by atoms with Crippen LogP contribution < -0.4 is 5.32 Å². The molecule has 0 saturated carbocycles. The summed E-state index contributed by atoms with van der Waals surface area (Å²) in [5.74, 6) is 1.20. The van der Waals surface area contributed by atoms with Crippen molar-refractivity contribution in [2.75, 3.05) is 18.2 Å². The Morgan fingerprint density at radius 2 is 2.26 bits per heavy atom. The van der Waals surface area contributed by atoms with Gasteiger partial charge in [0, 0.05) is 22.7 Å². The maximum Gasteiger partial charge on any atom is 0.250 e. The number of carbonyl (C=O) groups is 2. The van der Waals surface area contributed by atoms with Gasteiger partial charge in [-0.25, -0.2) is 0 Å². The molecular weight excluding hydrogens is 443 g/mol. The van der Waals surface area contributed by atoms with Gasteiger partial charge in [0.05, 0.1) is 8.76 Å². The minimum Gasteiger partial charge on any atom is -0.354 e. The van der Waals surface area contributed by atoms with E-state index in [0.717, 1.165) is 18.4 Å². The number of hydrogen-bond acceptors (Lipinski definition) is 4. The summed E-state index contributed by atoms with van der Waals surface area (Å²) in [5, 5.41) is 2.98. The maximum atomic E-state index is 12.4. The molecule has 1 aromatic heterocycles. The number of nitrogens with one attached hydrogen (secondary N) is 1. The lowest BCUT2D eigenvalue weighted by Gasteiger charge is -2.23. The van der Waals surface area contributed by atoms with Crippen LogP contribution in [-0.2, 0) is 16.0 Å². The number of carbonyl (C=O) groups excluding carboxylic acids is 2. The molecule has 1 aliphatic heterocycles. The smallest absolute Gasteiger partial charge is 0.250 e. The third kappa shape index (κ3) is 5.22. The van der Waals surface area contributed by atoms with Crippen molar-refractivity contribution in [2.24, 2.45) is 0 Å². The minimum atomic E-state index is -0.351. The maximum absolute atomic E-state index is 12.4. The van der Waals surface area contributed by atoms with Gasteiger partial charge in [-0.15, -0.1) is 23.1 Å². The second kappa shape index (κ2) is 9.08. The van der Waals surface area contributed by atoms with Crippen molar-refractivity contribution in [1.29, 1.82) is 0 Å². The molecule has 0 bridgehead atoms. The standard InChI is InChI=1S/C16H21IN2O2S2/c1-3-4-11(2)16(21)19-10-22-9-13(19)15(20)18-8-7-12-5-6-14(17)23-12/h4-6,13H,3,7-10H2,1-2H3,(H,18,20). The van der Waals surface area contributed by atoms with Crippen molar-refractivity contribution in [2.45, 2.75) is 32.7 Å². The molecule has 2 rings (SSSR count). The Morgan fingerprint density at radius 1 is 1.48 bits per heavy atom. The number of thioether (sulfide) groups is 1. The van der Waals surface area contributed by atoms with Gasteiger partial charge in [0.1, 0.15) is 6.04 Å². The fourth-order valence-electron chi connectivity index (χ4n) is 2.39. The molecule has 7 heteroatoms. The summed E-state index contributed by atoms with van der Waals surface area (Å²) in [6.07, 6.45) is 3.58. The van der Waals surface area contributed by atoms with E-state index >= 15 is 0 Å². The summed E-state index contributed by atoms with van der Waals surface area (Å²) in [4.78, 5) is 27.8. The average molecular weight is 464 g/mol. The highest BCUT2D eigenvalue weighted by molar-refractivity contribution is 14.1. The molecule has 2 amide bonds. The summed E-state index contributed by atoms with van der Waals surface area (Å²) < 4.78 is 1.26. The van der Waals surface area contributed by atoms with Crippen molar-refractivity contribution in [3.8, 4) is 0 Å². The summed E-state index contributed by atoms with van der Waals surface area (Å²) in [6.45, 7) is 4.44. The van der Waals surface area contributed by atoms with Gasteiger partial charge in [0.25, 0.3) is 5.91 Å². The Hall–Kier alpha value is -0.540. The Bertz CT molecular complexity index is 601. The van der Waals surface area contributed by atoms with E-state index in [1.165, 1.54) is 7.76 Å². The molecule has 1 fully saturated rings. The van der Waals surface area contributed by atoms with Crippen molar-refractivity contribution in [3.05, 3.63) is 31.5 Å². The first kappa shape index (κ1) is 18.8. The highest BCUT2D eigenvalue weighted by Gasteiger charge is 2.34. The number of nitrogens with zero attached hydrogens (tertiary/aromatic N) is 1. The van der Waals surface area contributed by atoms with Crippen molar-refractivity contribution < 1.29 is 9.59 Å². The van der Waals surface area contributed by atoms with Crippen LogP contribution in [0.25, 0.3) is 0 Å². The van der Waals surface area contributed by atoms with Gasteiger partial charge in [0.15, 0.2) is 0 Å². The molecule has 1 aliphatic rings. The van der Waals surface area contributed by atoms with Crippen LogP contribution in [-0.4, -0.2) is 40.9 Å². The molecule has 23 heavy (non-hydrogen) atoms. The molecule has 1 aromatic rings. The summed E-state index contributed by atoms with van der Waals surface area (Å²) in [6, 6.07) is 3.83. The molecule has 1 unspecified atom stereocenters. The first-order valence-electron chi connectivity index (χ1n) is 7.60. The van der Waals surface area contributed by atoms with Crippen molar-refractivity contribution in [3.63, 3.8) is 0 Å². The summed E-state index contributed by atoms with van der Waals surface area (Å²) >= 11 is 5.68. The van der Waals surface area contributed by atoms with Crippen molar-refractivity contribution >= 4 is 57.5 Å². The fraction of sp³-hybridized carbons (Fsp3) is 0.500. The van der Waals surface area contributed by atoms with E-state index in [-0.39, 0.29) is 17.9 Å². The van der Waals surface area contributed by atoms with Gasteiger partial charge < -0.3 is 10.2 Å². The lowest BCUT2D eigenvalue weighted by Crippen LogP contribution is -2.47. The molecule has 1 atom stereocenters. The topological polar surface area (TPSA) is 49.4 Å². The fourth-order valence-corrected chi connectivity index (χ4v) is 5.30. The molecule has 126 valence electrons. The Morgan fingerprint density at radius 3 is 2.91 bits per heavy atom. The van der Waals surface area contributed by atoms with E-state index in [2.05, 4.69) is 40.0 Å². The second-order valence-corrected chi connectivity index (χ2v) is 9.40. The van der Waals surface area contributed by atoms with Crippen LogP contribution in [0.1, 0.15) is 25.1 Å². The SMILES string of the molecule is CCC=C(C)C(=O)N1CSCC1C(=O)NCCc1ccc(I)s1. The number of allylic oxidation sites excluding steroid dienone is 1. The quantitative estimate of drug-likeness (QED) is 0.520. The molecule has 1 N–H and O–H groups in total. The van der Waals surface area contributed by atoms with E-state index in [1.807, 2.05) is 19.9 Å². The first-order valence-corrected chi connectivity index (χ1v) is 10.6. The summed E-state index contributed by atoms with van der Waals surface area (Å²) in [5.41, 5.74) is 0.723. The van der Waals surface area contributed by atoms with Gasteiger partial charge in [-0.1, -0.05) is 13.0 Å². The molecule has 4 nitrogen and oxygen atoms in total. The van der Waals surface area contributed by atoms with Crippen LogP contribution in [0.5, 0.6) is 0 Å². The van der Waals surface area contributed by atoms with Crippen LogP contribution in [0.3, 0.4) is 0 Å². The first-order chi connectivity index (χ1) is 11.0. The van der Waals surface area contributed by atoms with Gasteiger partial charge in [-0.05, 0) is 54.5 Å². The lowest BCUT2D eigenvalue weighted by atomic mass is 10.2. The van der Waals surface area contributed by atoms with E-state index in [1.54, 1.807) is 28.0 Å². The third-order valence-corrected chi connectivity index (χ3v) is 6.56. The third-order valence-electron chi connectivity index (χ3n) is 3.59. The number of thiophene rings is 1. The van der Waals surface area contributed by atoms with Gasteiger partial charge in [0.2, 0.25) is 5.91 Å². The molecule has 0 aromatic carbocycles. The van der Waals surface area contributed by atoms with E-state index < -0.39 is 0 Å². The molecule has 0 aliphatic carbocycles. The summed E-state index contributed by atoms with van der Waals surface area (Å²) in [7, 11) is 0. The highest BCUT2D eigenvalue weighted by atomic mass is 127. The van der Waals surface area contributed by atoms with Gasteiger partial charge in [-0.2, -0.15) is 0 Å². The normalized spacial score (nSPS) is 18.3. The average Bonchev–Trinajstić information content (AvgIpc) is 3.15. The van der Waals surface area contributed by atoms with Crippen LogP contribution >= 0.6 is 45.7 Å². The number of hydrogen-bond donors (Lipinski definition) is 1. The van der Waals surface area contributed by atoms with Crippen molar-refractivity contribution in [1.82, 2.24) is 10.2 Å². The van der Waals surface area contributed by atoms with Crippen LogP contribution in [0.2, 0.25) is 0 Å². The lowest BCUT2D eigenvalue weighted by molar-refractivity contribution is -0.135. The van der Waals surface area contributed by atoms with E-state index in [0.29, 0.717) is 18.2 Å². The molecular formula is C16H21IN2O2S2. The monoisotopic (exact) mass is 464 g/mol. The predicted molar refractivity (Wildman–Crippen MR) is 106 cm³/mol. The minimum absolute atomic E-state index is 0.0233. The largest absolute Gasteiger partial charge is 0.354 e. The number of rotatable bonds is 6. The molecule has 0 spiro atoms. The Labute approximate surface area is 159 Å². The van der Waals surface area contributed by atoms with E-state index in [4.69, 9.17) is 0 Å². The zero-order chi connectivity index (χ0) is 16.8. The predicted octanol–water partition coefficient (Wildman–Crippen LogP) is 3.27. The second-order valence-electron chi connectivity index (χ2n) is 5.33. The molecule has 0 radical (unpaired) electrons. The Kier molecular flexibility index (Phi) is 7.42. The Balaban J connectivity index is 1.87. The van der Waals surface area contributed by atoms with Gasteiger partial charge >= 0.3 is 0 Å². The van der Waals surface area contributed by atoms with E-state index in [9.17, 15) is 9.59 Å². The number of halogens is 1.